The zero-order valence-corrected chi connectivity index (χ0v) is 5.21. The fraction of sp³-hybridized carbons (Fsp3) is 0.429. The molecule has 1 saturated carbocycles. The van der Waals surface area contributed by atoms with Gasteiger partial charge in [0.15, 0.2) is 0 Å². The van der Waals surface area contributed by atoms with Crippen LogP contribution in [0.15, 0.2) is 30.1 Å². The highest BCUT2D eigenvalue weighted by Gasteiger charge is 2.37. The molecule has 0 amide bonds. The number of rotatable bonds is 3. The molecule has 48 valence electrons. The molecule has 0 unspecified atom stereocenters. The Morgan fingerprint density at radius 3 is 2.78 bits per heavy atom. The molecule has 0 aromatic carbocycles. The second-order valence-electron chi connectivity index (χ2n) is 2.32. The van der Waals surface area contributed by atoms with E-state index in [9.17, 15) is 4.91 Å². The average molecular weight is 123 g/mol. The fourth-order valence-corrected chi connectivity index (χ4v) is 0.926. The lowest BCUT2D eigenvalue weighted by atomic mass is 10.3. The molecule has 1 aliphatic rings. The summed E-state index contributed by atoms with van der Waals surface area (Å²) in [5.74, 6) is 0.773. The van der Waals surface area contributed by atoms with Crippen molar-refractivity contribution in [2.24, 2.45) is 17.0 Å². The van der Waals surface area contributed by atoms with Gasteiger partial charge in [0, 0.05) is 5.92 Å². The molecule has 1 aliphatic carbocycles. The second-order valence-corrected chi connectivity index (χ2v) is 2.32. The smallest absolute Gasteiger partial charge is 0.0814 e. The van der Waals surface area contributed by atoms with Crippen molar-refractivity contribution in [3.8, 4) is 0 Å². The number of hydrogen-bond acceptors (Lipinski definition) is 2. The molecule has 0 bridgehead atoms. The first-order valence-corrected chi connectivity index (χ1v) is 2.94. The van der Waals surface area contributed by atoms with Crippen molar-refractivity contribution in [1.29, 1.82) is 0 Å². The maximum absolute atomic E-state index is 9.86. The Morgan fingerprint density at radius 1 is 1.78 bits per heavy atom. The van der Waals surface area contributed by atoms with Crippen LogP contribution in [0.3, 0.4) is 0 Å². The van der Waals surface area contributed by atoms with Crippen molar-refractivity contribution in [3.05, 3.63) is 29.8 Å². The van der Waals surface area contributed by atoms with Crippen LogP contribution in [0.25, 0.3) is 0 Å². The summed E-state index contributed by atoms with van der Waals surface area (Å²) in [5, 5.41) is 2.76. The van der Waals surface area contributed by atoms with Crippen LogP contribution in [0.1, 0.15) is 6.42 Å². The number of nitrogens with zero attached hydrogens (tertiary/aromatic N) is 1. The van der Waals surface area contributed by atoms with Crippen LogP contribution in [0.5, 0.6) is 0 Å². The van der Waals surface area contributed by atoms with Crippen molar-refractivity contribution >= 4 is 0 Å². The minimum absolute atomic E-state index is 0.306. The van der Waals surface area contributed by atoms with E-state index in [4.69, 9.17) is 0 Å². The van der Waals surface area contributed by atoms with Crippen LogP contribution >= 0.6 is 0 Å². The third-order valence-electron chi connectivity index (χ3n) is 1.69. The van der Waals surface area contributed by atoms with Crippen molar-refractivity contribution < 1.29 is 0 Å². The highest BCUT2D eigenvalue weighted by atomic mass is 16.3. The third-order valence-corrected chi connectivity index (χ3v) is 1.69. The van der Waals surface area contributed by atoms with E-state index in [2.05, 4.69) is 18.3 Å². The molecule has 2 nitrogen and oxygen atoms in total. The van der Waals surface area contributed by atoms with Crippen LogP contribution in [-0.4, -0.2) is 0 Å². The molecule has 0 spiro atoms. The quantitative estimate of drug-likeness (QED) is 0.417. The van der Waals surface area contributed by atoms with Gasteiger partial charge in [-0.25, -0.2) is 0 Å². The Labute approximate surface area is 54.2 Å². The topological polar surface area (TPSA) is 29.4 Å². The van der Waals surface area contributed by atoms with Gasteiger partial charge < -0.3 is 0 Å². The molecule has 2 heteroatoms. The summed E-state index contributed by atoms with van der Waals surface area (Å²) >= 11 is 0. The summed E-state index contributed by atoms with van der Waals surface area (Å²) in [5.41, 5.74) is 0.472. The molecular weight excluding hydrogens is 114 g/mol. The first kappa shape index (κ1) is 6.20. The molecule has 0 aromatic rings. The van der Waals surface area contributed by atoms with Crippen LogP contribution in [0, 0.1) is 16.7 Å². The molecule has 0 heterocycles. The van der Waals surface area contributed by atoms with Crippen LogP contribution in [-0.2, 0) is 0 Å². The zero-order valence-electron chi connectivity index (χ0n) is 5.21. The van der Waals surface area contributed by atoms with E-state index in [0.717, 1.165) is 6.42 Å². The molecule has 1 rings (SSSR count). The zero-order chi connectivity index (χ0) is 6.85. The minimum atomic E-state index is 0.306. The van der Waals surface area contributed by atoms with E-state index >= 15 is 0 Å². The standard InChI is InChI=1S/C7H9NO/c1-3-6-4-7(6)5(2)8-9/h3,6-7H,1-2,4H2/t6-,7-/m1/s1. The predicted molar refractivity (Wildman–Crippen MR) is 36.7 cm³/mol. The maximum atomic E-state index is 9.86. The van der Waals surface area contributed by atoms with Crippen LogP contribution < -0.4 is 0 Å². The third kappa shape index (κ3) is 1.07. The average Bonchev–Trinajstić information content (AvgIpc) is 2.64. The molecule has 9 heavy (non-hydrogen) atoms. The molecular formula is C7H9NO. The van der Waals surface area contributed by atoms with Gasteiger partial charge in [-0.1, -0.05) is 12.7 Å². The Morgan fingerprint density at radius 2 is 2.44 bits per heavy atom. The first-order valence-electron chi connectivity index (χ1n) is 2.94. The van der Waals surface area contributed by atoms with E-state index in [0.29, 0.717) is 17.5 Å². The summed E-state index contributed by atoms with van der Waals surface area (Å²) in [6.45, 7) is 7.11. The molecule has 0 saturated heterocycles. The fourth-order valence-electron chi connectivity index (χ4n) is 0.926. The van der Waals surface area contributed by atoms with Crippen LogP contribution in [0.2, 0.25) is 0 Å². The van der Waals surface area contributed by atoms with E-state index in [1.807, 2.05) is 6.08 Å². The summed E-state index contributed by atoms with van der Waals surface area (Å²) in [6, 6.07) is 0. The lowest BCUT2D eigenvalue weighted by Crippen LogP contribution is -1.78. The Kier molecular flexibility index (Phi) is 1.47. The van der Waals surface area contributed by atoms with Gasteiger partial charge in [-0.05, 0) is 17.5 Å². The molecule has 0 aliphatic heterocycles. The van der Waals surface area contributed by atoms with Crippen molar-refractivity contribution in [2.75, 3.05) is 0 Å². The highest BCUT2D eigenvalue weighted by molar-refractivity contribution is 5.14. The van der Waals surface area contributed by atoms with Gasteiger partial charge in [-0.2, -0.15) is 0 Å². The van der Waals surface area contributed by atoms with Gasteiger partial charge in [0.05, 0.1) is 5.70 Å². The summed E-state index contributed by atoms with van der Waals surface area (Å²) in [6.07, 6.45) is 2.86. The van der Waals surface area contributed by atoms with Gasteiger partial charge >= 0.3 is 0 Å². The van der Waals surface area contributed by atoms with Gasteiger partial charge in [0.1, 0.15) is 0 Å². The summed E-state index contributed by atoms with van der Waals surface area (Å²) < 4.78 is 0. The van der Waals surface area contributed by atoms with Crippen molar-refractivity contribution in [1.82, 2.24) is 0 Å². The largest absolute Gasteiger partial charge is 0.145 e. The summed E-state index contributed by atoms with van der Waals surface area (Å²) in [7, 11) is 0. The van der Waals surface area contributed by atoms with E-state index in [1.165, 1.54) is 0 Å². The Hall–Kier alpha value is -0.920. The lowest BCUT2D eigenvalue weighted by Gasteiger charge is -1.86. The molecule has 0 aromatic heterocycles. The number of allylic oxidation sites excluding steroid dienone is 2. The monoisotopic (exact) mass is 123 g/mol. The first-order chi connectivity index (χ1) is 4.29. The van der Waals surface area contributed by atoms with E-state index in [-0.39, 0.29) is 0 Å². The normalized spacial score (nSPS) is 31.1. The number of hydrogen-bond donors (Lipinski definition) is 0. The van der Waals surface area contributed by atoms with Gasteiger partial charge in [0.25, 0.3) is 0 Å². The minimum Gasteiger partial charge on any atom is -0.145 e. The maximum Gasteiger partial charge on any atom is 0.0814 e. The Bertz CT molecular complexity index is 162. The van der Waals surface area contributed by atoms with E-state index in [1.54, 1.807) is 0 Å². The second kappa shape index (κ2) is 2.13. The highest BCUT2D eigenvalue weighted by Crippen LogP contribution is 2.44. The van der Waals surface area contributed by atoms with Gasteiger partial charge in [-0.3, -0.25) is 0 Å². The molecule has 2 atom stereocenters. The molecule has 0 N–H and O–H groups in total. The van der Waals surface area contributed by atoms with Crippen molar-refractivity contribution in [3.63, 3.8) is 0 Å². The molecule has 0 radical (unpaired) electrons. The molecule has 1 fully saturated rings. The lowest BCUT2D eigenvalue weighted by molar-refractivity contribution is 0.911. The SMILES string of the molecule is C=C[C@@H]1C[C@@H]1C(=C)N=O. The van der Waals surface area contributed by atoms with E-state index < -0.39 is 0 Å². The van der Waals surface area contributed by atoms with Crippen molar-refractivity contribution in [2.45, 2.75) is 6.42 Å². The van der Waals surface area contributed by atoms with Gasteiger partial charge in [0.2, 0.25) is 0 Å². The summed E-state index contributed by atoms with van der Waals surface area (Å²) in [4.78, 5) is 9.86. The number of nitroso groups, excluding NO2 is 1. The van der Waals surface area contributed by atoms with Crippen LogP contribution in [0.4, 0.5) is 0 Å². The van der Waals surface area contributed by atoms with Gasteiger partial charge in [-0.15, -0.1) is 11.5 Å². The Balaban J connectivity index is 2.41. The predicted octanol–water partition coefficient (Wildman–Crippen LogP) is 2.09.